The quantitative estimate of drug-likeness (QED) is 0.351. The van der Waals surface area contributed by atoms with Crippen molar-refractivity contribution in [3.63, 3.8) is 0 Å². The van der Waals surface area contributed by atoms with Crippen molar-refractivity contribution in [2.24, 2.45) is 0 Å². The van der Waals surface area contributed by atoms with E-state index in [0.717, 1.165) is 21.9 Å². The van der Waals surface area contributed by atoms with Gasteiger partial charge in [-0.2, -0.15) is 0 Å². The van der Waals surface area contributed by atoms with Crippen molar-refractivity contribution in [1.82, 2.24) is 0 Å². The third kappa shape index (κ3) is 3.12. The highest BCUT2D eigenvalue weighted by Gasteiger charge is 2.49. The van der Waals surface area contributed by atoms with E-state index in [0.29, 0.717) is 6.61 Å². The van der Waals surface area contributed by atoms with Crippen molar-refractivity contribution in [2.45, 2.75) is 25.1 Å². The molecule has 150 valence electrons. The summed E-state index contributed by atoms with van der Waals surface area (Å²) in [6.07, 6.45) is 0.928. The number of ether oxygens (including phenoxy) is 3. The monoisotopic (exact) mass is 396 g/mol. The molecule has 1 aliphatic rings. The van der Waals surface area contributed by atoms with Gasteiger partial charge < -0.3 is 14.2 Å². The number of hydrogen-bond acceptors (Lipinski definition) is 3. The van der Waals surface area contributed by atoms with Crippen LogP contribution in [0.2, 0.25) is 0 Å². The number of hydrogen-bond donors (Lipinski definition) is 0. The van der Waals surface area contributed by atoms with E-state index in [9.17, 15) is 0 Å². The van der Waals surface area contributed by atoms with Crippen molar-refractivity contribution < 1.29 is 14.2 Å². The van der Waals surface area contributed by atoms with Crippen molar-refractivity contribution in [1.29, 1.82) is 0 Å². The molecular weight excluding hydrogens is 372 g/mol. The van der Waals surface area contributed by atoms with E-state index in [1.807, 2.05) is 6.92 Å². The van der Waals surface area contributed by atoms with Gasteiger partial charge >= 0.3 is 5.97 Å². The Balaban J connectivity index is 1.71. The van der Waals surface area contributed by atoms with Crippen molar-refractivity contribution >= 4 is 21.5 Å². The summed E-state index contributed by atoms with van der Waals surface area (Å²) in [7, 11) is 0. The maximum Gasteiger partial charge on any atom is 0.305 e. The smallest absolute Gasteiger partial charge is 0.305 e. The van der Waals surface area contributed by atoms with Gasteiger partial charge in [0, 0.05) is 6.61 Å². The van der Waals surface area contributed by atoms with Gasteiger partial charge in [0.15, 0.2) is 0 Å². The minimum Gasteiger partial charge on any atom is -0.324 e. The fraction of sp³-hybridized carbons (Fsp3) is 0.185. The standard InChI is InChI=1S/C27H24O3/c1-3-27(28-4-2)29-25(23-17-9-13-19-11-5-7-15-21(19)23)26(30-27)24-18-10-14-20-12-6-8-16-22(20)24/h3,5-18,25-26H,1,4H2,2H3. The van der Waals surface area contributed by atoms with Crippen LogP contribution in [0.4, 0.5) is 0 Å². The van der Waals surface area contributed by atoms with E-state index >= 15 is 0 Å². The van der Waals surface area contributed by atoms with E-state index in [2.05, 4.69) is 91.5 Å². The zero-order chi connectivity index (χ0) is 20.6. The van der Waals surface area contributed by atoms with Gasteiger partial charge in [0.05, 0.1) is 0 Å². The molecule has 1 fully saturated rings. The molecule has 5 rings (SSSR count). The molecule has 1 saturated heterocycles. The largest absolute Gasteiger partial charge is 0.324 e. The maximum atomic E-state index is 6.49. The molecular formula is C27H24O3. The molecule has 3 heteroatoms. The summed E-state index contributed by atoms with van der Waals surface area (Å²) in [6, 6.07) is 29.3. The molecule has 2 unspecified atom stereocenters. The molecule has 30 heavy (non-hydrogen) atoms. The molecule has 0 saturated carbocycles. The highest BCUT2D eigenvalue weighted by atomic mass is 16.9. The highest BCUT2D eigenvalue weighted by molar-refractivity contribution is 5.88. The van der Waals surface area contributed by atoms with Gasteiger partial charge in [-0.05, 0) is 45.7 Å². The summed E-state index contributed by atoms with van der Waals surface area (Å²) in [4.78, 5) is 0. The van der Waals surface area contributed by atoms with Gasteiger partial charge in [-0.15, -0.1) is 0 Å². The van der Waals surface area contributed by atoms with Gasteiger partial charge in [0.2, 0.25) is 0 Å². The Bertz CT molecular complexity index is 1120. The van der Waals surface area contributed by atoms with Gasteiger partial charge in [0.1, 0.15) is 12.2 Å². The lowest BCUT2D eigenvalue weighted by molar-refractivity contribution is -0.307. The summed E-state index contributed by atoms with van der Waals surface area (Å²) < 4.78 is 18.9. The lowest BCUT2D eigenvalue weighted by atomic mass is 9.91. The predicted molar refractivity (Wildman–Crippen MR) is 120 cm³/mol. The summed E-state index contributed by atoms with van der Waals surface area (Å²) in [6.45, 7) is 6.32. The molecule has 0 aromatic heterocycles. The first-order valence-electron chi connectivity index (χ1n) is 10.3. The normalized spacial score (nSPS) is 23.8. The average Bonchev–Trinajstić information content (AvgIpc) is 3.18. The predicted octanol–water partition coefficient (Wildman–Crippen LogP) is 6.70. The molecule has 1 aliphatic heterocycles. The Kier molecular flexibility index (Phi) is 4.87. The molecule has 0 N–H and O–H groups in total. The molecule has 3 nitrogen and oxygen atoms in total. The van der Waals surface area contributed by atoms with Crippen molar-refractivity contribution in [3.8, 4) is 0 Å². The molecule has 0 bridgehead atoms. The first-order valence-corrected chi connectivity index (χ1v) is 10.3. The second kappa shape index (κ2) is 7.69. The zero-order valence-electron chi connectivity index (χ0n) is 17.0. The average molecular weight is 396 g/mol. The van der Waals surface area contributed by atoms with Crippen molar-refractivity contribution in [3.05, 3.63) is 109 Å². The van der Waals surface area contributed by atoms with Crippen LogP contribution >= 0.6 is 0 Å². The van der Waals surface area contributed by atoms with Crippen LogP contribution in [0, 0.1) is 0 Å². The van der Waals surface area contributed by atoms with E-state index in [1.165, 1.54) is 10.8 Å². The Morgan fingerprint density at radius 1 is 0.767 bits per heavy atom. The number of rotatable bonds is 5. The molecule has 4 aromatic carbocycles. The van der Waals surface area contributed by atoms with Crippen LogP contribution < -0.4 is 0 Å². The third-order valence-electron chi connectivity index (χ3n) is 5.71. The molecule has 0 radical (unpaired) electrons. The Labute approximate surface area is 176 Å². The van der Waals surface area contributed by atoms with Crippen LogP contribution in [0.15, 0.2) is 97.6 Å². The van der Waals surface area contributed by atoms with Gasteiger partial charge in [-0.3, -0.25) is 0 Å². The summed E-state index contributed by atoms with van der Waals surface area (Å²) in [5, 5.41) is 4.64. The van der Waals surface area contributed by atoms with Crippen molar-refractivity contribution in [2.75, 3.05) is 6.61 Å². The Morgan fingerprint density at radius 3 is 1.70 bits per heavy atom. The van der Waals surface area contributed by atoms with E-state index in [4.69, 9.17) is 14.2 Å². The van der Waals surface area contributed by atoms with Crippen LogP contribution in [0.3, 0.4) is 0 Å². The van der Waals surface area contributed by atoms with Crippen LogP contribution in [0.25, 0.3) is 21.5 Å². The van der Waals surface area contributed by atoms with Crippen LogP contribution in [-0.4, -0.2) is 12.6 Å². The van der Waals surface area contributed by atoms with E-state index < -0.39 is 5.97 Å². The first-order chi connectivity index (χ1) is 14.7. The molecule has 0 aliphatic carbocycles. The third-order valence-corrected chi connectivity index (χ3v) is 5.71. The van der Waals surface area contributed by atoms with Crippen LogP contribution in [-0.2, 0) is 14.2 Å². The number of benzene rings is 4. The van der Waals surface area contributed by atoms with Gasteiger partial charge in [0.25, 0.3) is 0 Å². The molecule has 0 amide bonds. The van der Waals surface area contributed by atoms with Gasteiger partial charge in [-0.1, -0.05) is 91.5 Å². The van der Waals surface area contributed by atoms with E-state index in [-0.39, 0.29) is 12.2 Å². The number of fused-ring (bicyclic) bond motifs is 2. The molecule has 0 spiro atoms. The maximum absolute atomic E-state index is 6.49. The Hall–Kier alpha value is -2.98. The molecule has 4 aromatic rings. The first kappa shape index (κ1) is 19.0. The molecule has 2 atom stereocenters. The molecule has 1 heterocycles. The highest BCUT2D eigenvalue weighted by Crippen LogP contribution is 2.50. The van der Waals surface area contributed by atoms with Gasteiger partial charge in [-0.25, -0.2) is 0 Å². The second-order valence-electron chi connectivity index (χ2n) is 7.45. The second-order valence-corrected chi connectivity index (χ2v) is 7.45. The lowest BCUT2D eigenvalue weighted by Crippen LogP contribution is -2.31. The van der Waals surface area contributed by atoms with E-state index in [1.54, 1.807) is 6.08 Å². The minimum absolute atomic E-state index is 0.341. The summed E-state index contributed by atoms with van der Waals surface area (Å²) >= 11 is 0. The fourth-order valence-corrected chi connectivity index (χ4v) is 4.38. The van der Waals surface area contributed by atoms with Crippen LogP contribution in [0.5, 0.6) is 0 Å². The summed E-state index contributed by atoms with van der Waals surface area (Å²) in [5.74, 6) is -1.28. The lowest BCUT2D eigenvalue weighted by Gasteiger charge is -2.23. The van der Waals surface area contributed by atoms with Crippen LogP contribution in [0.1, 0.15) is 30.3 Å². The Morgan fingerprint density at radius 2 is 1.23 bits per heavy atom. The fourth-order valence-electron chi connectivity index (χ4n) is 4.38. The summed E-state index contributed by atoms with van der Waals surface area (Å²) in [5.41, 5.74) is 2.16. The SMILES string of the molecule is C=CC1(OCC)OC(c2cccc3ccccc23)C(c2cccc3ccccc23)O1. The zero-order valence-corrected chi connectivity index (χ0v) is 17.0. The topological polar surface area (TPSA) is 27.7 Å². The minimum atomic E-state index is -1.28.